The summed E-state index contributed by atoms with van der Waals surface area (Å²) in [6.07, 6.45) is 8.32. The van der Waals surface area contributed by atoms with Crippen molar-refractivity contribution in [3.05, 3.63) is 0 Å². The normalized spacial score (nSPS) is 15.4. The molecule has 0 aromatic carbocycles. The Balaban J connectivity index is 3.16. The van der Waals surface area contributed by atoms with Gasteiger partial charge in [-0.15, -0.1) is 0 Å². The lowest BCUT2D eigenvalue weighted by Gasteiger charge is -2.35. The van der Waals surface area contributed by atoms with E-state index in [0.717, 1.165) is 17.7 Å². The van der Waals surface area contributed by atoms with Crippen LogP contribution in [0.2, 0.25) is 6.04 Å². The van der Waals surface area contributed by atoms with Gasteiger partial charge in [0, 0.05) is 77.0 Å². The van der Waals surface area contributed by atoms with Crippen LogP contribution in [-0.2, 0) is 39.8 Å². The fourth-order valence-electron chi connectivity index (χ4n) is 5.25. The summed E-state index contributed by atoms with van der Waals surface area (Å²) in [6, 6.07) is 0.759. The molecule has 1 fully saturated rings. The lowest BCUT2D eigenvalue weighted by molar-refractivity contribution is 0.0731. The standard InChI is InChI=1S/C30H68O9S12Si3/c1-10-31-52(18-9,32-11-2)39-25-27-51(48-45-40-26-24-30-22-20-19-21-23-30,49-46-43-41-28-53(33-12-3,34-13-4)35-14-5)50-47-44-42-29-54(36-15-6,37-16-7)38-17-8/h30H,10-29H2,1-9H3. The summed E-state index contributed by atoms with van der Waals surface area (Å²) in [6.45, 7) is 23.5. The summed E-state index contributed by atoms with van der Waals surface area (Å²) in [5.74, 6) is 2.99. The number of rotatable bonds is 39. The molecule has 0 N–H and O–H groups in total. The van der Waals surface area contributed by atoms with Crippen LogP contribution in [0.4, 0.5) is 0 Å². The van der Waals surface area contributed by atoms with Crippen molar-refractivity contribution in [3.8, 4) is 0 Å². The van der Waals surface area contributed by atoms with Gasteiger partial charge in [0.25, 0.3) is 0 Å². The minimum atomic E-state index is -2.74. The van der Waals surface area contributed by atoms with Crippen molar-refractivity contribution in [2.75, 3.05) is 81.7 Å². The minimum absolute atomic E-state index is 0.581. The van der Waals surface area contributed by atoms with Crippen LogP contribution >= 0.6 is 118 Å². The van der Waals surface area contributed by atoms with Crippen molar-refractivity contribution in [1.82, 2.24) is 0 Å². The SMILES string of the molecule is CCO[Si](CC)(OCC)OCCS(SSSCCC1CCCCC1)(SSSSC[Si](OCC)(OCC)OCC)SSSSC[Si](OCC)(OCC)OCC. The van der Waals surface area contributed by atoms with Gasteiger partial charge >= 0.3 is 26.4 Å². The first-order valence-electron chi connectivity index (χ1n) is 19.1. The van der Waals surface area contributed by atoms with Crippen LogP contribution in [0.3, 0.4) is 0 Å². The third-order valence-corrected chi connectivity index (χ3v) is 55.7. The van der Waals surface area contributed by atoms with Gasteiger partial charge in [0.15, 0.2) is 0 Å². The minimum Gasteiger partial charge on any atom is -0.374 e. The van der Waals surface area contributed by atoms with Crippen LogP contribution in [0.25, 0.3) is 0 Å². The predicted octanol–water partition coefficient (Wildman–Crippen LogP) is 14.1. The van der Waals surface area contributed by atoms with Crippen LogP contribution in [-0.4, -0.2) is 108 Å². The third kappa shape index (κ3) is 24.4. The van der Waals surface area contributed by atoms with E-state index in [0.29, 0.717) is 70.2 Å². The van der Waals surface area contributed by atoms with E-state index in [2.05, 4.69) is 6.92 Å². The van der Waals surface area contributed by atoms with Crippen molar-refractivity contribution in [3.63, 3.8) is 0 Å². The number of hydrogen-bond donors (Lipinski definition) is 0. The van der Waals surface area contributed by atoms with E-state index in [-0.39, 0.29) is 0 Å². The summed E-state index contributed by atoms with van der Waals surface area (Å²) in [5.41, 5.74) is 0. The molecule has 0 heterocycles. The van der Waals surface area contributed by atoms with E-state index in [1.54, 1.807) is 41.2 Å². The molecule has 1 saturated carbocycles. The predicted molar refractivity (Wildman–Crippen MR) is 268 cm³/mol. The Kier molecular flexibility index (Phi) is 37.6. The summed E-state index contributed by atoms with van der Waals surface area (Å²) in [4.78, 5) is 0. The summed E-state index contributed by atoms with van der Waals surface area (Å²) in [7, 11) is 11.2. The second kappa shape index (κ2) is 35.9. The molecule has 0 aromatic rings. The van der Waals surface area contributed by atoms with Gasteiger partial charge in [0.2, 0.25) is 0 Å². The summed E-state index contributed by atoms with van der Waals surface area (Å²) >= 11 is 0. The van der Waals surface area contributed by atoms with Crippen LogP contribution < -0.4 is 0 Å². The molecule has 326 valence electrons. The molecule has 0 spiro atoms. The van der Waals surface area contributed by atoms with E-state index in [1.165, 1.54) is 44.3 Å². The second-order valence-electron chi connectivity index (χ2n) is 11.2. The molecule has 1 aliphatic rings. The van der Waals surface area contributed by atoms with Crippen molar-refractivity contribution in [1.29, 1.82) is 0 Å². The zero-order valence-corrected chi connectivity index (χ0v) is 46.6. The summed E-state index contributed by atoms with van der Waals surface area (Å²) < 4.78 is 55.8. The van der Waals surface area contributed by atoms with Gasteiger partial charge in [-0.2, -0.15) is 0 Å². The highest BCUT2D eigenvalue weighted by Gasteiger charge is 2.43. The second-order valence-corrected chi connectivity index (χ2v) is 46.8. The molecule has 0 atom stereocenters. The fourth-order valence-corrected chi connectivity index (χ4v) is 65.1. The molecular weight excluding hydrogens is 973 g/mol. The Morgan fingerprint density at radius 3 is 1.28 bits per heavy atom. The average molecular weight is 1040 g/mol. The topological polar surface area (TPSA) is 83.1 Å². The molecule has 0 bridgehead atoms. The van der Waals surface area contributed by atoms with Gasteiger partial charge in [-0.05, 0) is 146 Å². The molecule has 0 saturated heterocycles. The zero-order chi connectivity index (χ0) is 39.9. The van der Waals surface area contributed by atoms with Crippen LogP contribution in [0.1, 0.15) is 101 Å². The lowest BCUT2D eigenvalue weighted by atomic mass is 9.88. The Morgan fingerprint density at radius 1 is 0.463 bits per heavy atom. The zero-order valence-electron chi connectivity index (χ0n) is 33.8. The maximum atomic E-state index is 6.66. The molecule has 0 radical (unpaired) electrons. The maximum absolute atomic E-state index is 6.66. The van der Waals surface area contributed by atoms with Crippen LogP contribution in [0, 0.1) is 5.92 Å². The van der Waals surface area contributed by atoms with Gasteiger partial charge in [-0.3, -0.25) is 0 Å². The lowest BCUT2D eigenvalue weighted by Crippen LogP contribution is -2.49. The molecule has 0 aliphatic heterocycles. The summed E-state index contributed by atoms with van der Waals surface area (Å²) in [5, 5.41) is 1.41. The Hall–Kier alpha value is 4.49. The molecule has 24 heteroatoms. The molecule has 0 unspecified atom stereocenters. The van der Waals surface area contributed by atoms with Gasteiger partial charge in [0.1, 0.15) is 0 Å². The molecule has 0 amide bonds. The Morgan fingerprint density at radius 2 is 0.870 bits per heavy atom. The van der Waals surface area contributed by atoms with Crippen molar-refractivity contribution in [2.45, 2.75) is 107 Å². The highest BCUT2D eigenvalue weighted by atomic mass is 34.2. The van der Waals surface area contributed by atoms with Crippen molar-refractivity contribution in [2.24, 2.45) is 5.92 Å². The Labute approximate surface area is 374 Å². The molecule has 1 aliphatic carbocycles. The first-order valence-corrected chi connectivity index (χ1v) is 41.8. The highest BCUT2D eigenvalue weighted by Crippen LogP contribution is 2.88. The Bertz CT molecular complexity index is 810. The van der Waals surface area contributed by atoms with E-state index in [9.17, 15) is 0 Å². The molecule has 54 heavy (non-hydrogen) atoms. The van der Waals surface area contributed by atoms with E-state index in [1.807, 2.05) is 125 Å². The molecule has 1 rings (SSSR count). The van der Waals surface area contributed by atoms with Crippen LogP contribution in [0.15, 0.2) is 0 Å². The van der Waals surface area contributed by atoms with Crippen molar-refractivity contribution < 1.29 is 39.8 Å². The fraction of sp³-hybridized carbons (Fsp3) is 1.00. The maximum Gasteiger partial charge on any atom is 0.512 e. The van der Waals surface area contributed by atoms with E-state index < -0.39 is 33.5 Å². The van der Waals surface area contributed by atoms with Crippen LogP contribution in [0.5, 0.6) is 0 Å². The monoisotopic (exact) mass is 1040 g/mol. The average Bonchev–Trinajstić information content (AvgIpc) is 3.15. The largest absolute Gasteiger partial charge is 0.512 e. The van der Waals surface area contributed by atoms with Gasteiger partial charge in [-0.1, -0.05) is 78.5 Å². The smallest absolute Gasteiger partial charge is 0.374 e. The first-order chi connectivity index (χ1) is 26.2. The first kappa shape index (κ1) is 56.5. The quantitative estimate of drug-likeness (QED) is 0.0332. The molecule has 9 nitrogen and oxygen atoms in total. The van der Waals surface area contributed by atoms with Gasteiger partial charge in [0.05, 0.1) is 10.8 Å². The van der Waals surface area contributed by atoms with E-state index >= 15 is 0 Å². The van der Waals surface area contributed by atoms with Gasteiger partial charge < -0.3 is 39.8 Å². The number of hydrogen-bond acceptors (Lipinski definition) is 20. The molecular formula is C30H68O9S12Si3. The van der Waals surface area contributed by atoms with Gasteiger partial charge in [-0.25, -0.2) is 0 Å². The van der Waals surface area contributed by atoms with Crippen molar-refractivity contribution >= 4 is 145 Å². The third-order valence-electron chi connectivity index (χ3n) is 7.40. The molecule has 0 aromatic heterocycles. The highest BCUT2D eigenvalue weighted by molar-refractivity contribution is 9.74. The van der Waals surface area contributed by atoms with E-state index in [4.69, 9.17) is 39.8 Å².